The van der Waals surface area contributed by atoms with E-state index in [1.165, 1.54) is 5.56 Å². The summed E-state index contributed by atoms with van der Waals surface area (Å²) >= 11 is 0. The molecule has 182 valence electrons. The van der Waals surface area contributed by atoms with E-state index in [1.54, 1.807) is 0 Å². The molecule has 0 spiro atoms. The Morgan fingerprint density at radius 2 is 1.77 bits per heavy atom. The topological polar surface area (TPSA) is 86.2 Å². The molecule has 1 aliphatic heterocycles. The average molecular weight is 473 g/mol. The third-order valence-electron chi connectivity index (χ3n) is 6.45. The first-order chi connectivity index (χ1) is 16.8. The molecule has 4 aromatic rings. The molecule has 1 fully saturated rings. The summed E-state index contributed by atoms with van der Waals surface area (Å²) in [6.45, 7) is 7.95. The lowest BCUT2D eigenvalue weighted by atomic mass is 9.91. The van der Waals surface area contributed by atoms with Crippen LogP contribution in [-0.2, 0) is 17.7 Å². The molecule has 0 radical (unpaired) electrons. The van der Waals surface area contributed by atoms with Crippen LogP contribution >= 0.6 is 0 Å². The lowest BCUT2D eigenvalue weighted by Crippen LogP contribution is -2.21. The Morgan fingerprint density at radius 3 is 2.51 bits per heavy atom. The zero-order valence-electron chi connectivity index (χ0n) is 20.6. The molecular weight excluding hydrogens is 440 g/mol. The molecule has 0 saturated carbocycles. The minimum absolute atomic E-state index is 0.408. The van der Waals surface area contributed by atoms with Crippen LogP contribution in [0, 0.1) is 6.92 Å². The number of hydrogen-bond donors (Lipinski definition) is 1. The molecule has 0 bridgehead atoms. The van der Waals surface area contributed by atoms with Gasteiger partial charge in [-0.3, -0.25) is 4.68 Å². The summed E-state index contributed by atoms with van der Waals surface area (Å²) < 4.78 is 13.0. The second kappa shape index (κ2) is 9.76. The average Bonchev–Trinajstić information content (AvgIpc) is 3.46. The molecule has 2 aromatic heterocycles. The predicted octanol–water partition coefficient (Wildman–Crippen LogP) is 5.16. The van der Waals surface area contributed by atoms with Gasteiger partial charge in [0, 0.05) is 30.9 Å². The summed E-state index contributed by atoms with van der Waals surface area (Å²) in [6.07, 6.45) is 2.74. The smallest absolute Gasteiger partial charge is 0.278 e. The van der Waals surface area contributed by atoms with Gasteiger partial charge < -0.3 is 14.4 Å². The van der Waals surface area contributed by atoms with Crippen LogP contribution in [0.3, 0.4) is 0 Å². The van der Waals surface area contributed by atoms with Crippen LogP contribution in [0.25, 0.3) is 23.0 Å². The molecule has 35 heavy (non-hydrogen) atoms. The number of hydrogen-bond acceptors (Lipinski definition) is 6. The van der Waals surface area contributed by atoms with Crippen molar-refractivity contribution in [3.05, 3.63) is 77.0 Å². The van der Waals surface area contributed by atoms with Crippen LogP contribution in [0.4, 0.5) is 0 Å². The van der Waals surface area contributed by atoms with Gasteiger partial charge in [0.05, 0.1) is 12.1 Å². The standard InChI is InChI=1S/C28H32N4O3/c1-19-15-25(30-32(19)18-21-6-4-5-20(16-21)17-28(2,3)33)27-29-26(31-35-27)24-9-7-22(8-10-24)23-11-13-34-14-12-23/h4-10,15-16,23,33H,11-14,17-18H2,1-3H3. The van der Waals surface area contributed by atoms with Gasteiger partial charge in [0.25, 0.3) is 5.89 Å². The fourth-order valence-corrected chi connectivity index (χ4v) is 4.67. The molecule has 7 nitrogen and oxygen atoms in total. The fourth-order valence-electron chi connectivity index (χ4n) is 4.67. The zero-order valence-corrected chi connectivity index (χ0v) is 20.6. The summed E-state index contributed by atoms with van der Waals surface area (Å²) in [7, 11) is 0. The van der Waals surface area contributed by atoms with Gasteiger partial charge in [0.2, 0.25) is 5.82 Å². The predicted molar refractivity (Wildman–Crippen MR) is 134 cm³/mol. The lowest BCUT2D eigenvalue weighted by Gasteiger charge is -2.22. The third-order valence-corrected chi connectivity index (χ3v) is 6.45. The zero-order chi connectivity index (χ0) is 24.4. The first kappa shape index (κ1) is 23.5. The molecule has 1 saturated heterocycles. The van der Waals surface area contributed by atoms with Crippen molar-refractivity contribution in [2.75, 3.05) is 13.2 Å². The normalized spacial score (nSPS) is 15.0. The number of aromatic nitrogens is 4. The first-order valence-corrected chi connectivity index (χ1v) is 12.2. The summed E-state index contributed by atoms with van der Waals surface area (Å²) in [6, 6.07) is 18.7. The van der Waals surface area contributed by atoms with Crippen molar-refractivity contribution in [2.24, 2.45) is 0 Å². The Labute approximate surface area is 205 Å². The van der Waals surface area contributed by atoms with E-state index in [2.05, 4.69) is 46.5 Å². The number of aryl methyl sites for hydroxylation is 1. The number of ether oxygens (including phenoxy) is 1. The maximum atomic E-state index is 10.1. The van der Waals surface area contributed by atoms with E-state index in [9.17, 15) is 5.11 Å². The molecule has 7 heteroatoms. The van der Waals surface area contributed by atoms with Crippen molar-refractivity contribution in [3.8, 4) is 23.0 Å². The van der Waals surface area contributed by atoms with Crippen LogP contribution in [0.2, 0.25) is 0 Å². The molecule has 1 aliphatic rings. The molecule has 0 aliphatic carbocycles. The Balaban J connectivity index is 1.30. The summed E-state index contributed by atoms with van der Waals surface area (Å²) in [4.78, 5) is 4.61. The van der Waals surface area contributed by atoms with Crippen molar-refractivity contribution in [3.63, 3.8) is 0 Å². The maximum Gasteiger partial charge on any atom is 0.278 e. The second-order valence-electron chi connectivity index (χ2n) is 10.1. The molecular formula is C28H32N4O3. The number of aliphatic hydroxyl groups is 1. The van der Waals surface area contributed by atoms with Crippen LogP contribution < -0.4 is 0 Å². The molecule has 2 aromatic carbocycles. The SMILES string of the molecule is Cc1cc(-c2nc(-c3ccc(C4CCOCC4)cc3)no2)nn1Cc1cccc(CC(C)(C)O)c1. The van der Waals surface area contributed by atoms with E-state index in [4.69, 9.17) is 14.4 Å². The maximum absolute atomic E-state index is 10.1. The number of nitrogens with zero attached hydrogens (tertiary/aromatic N) is 4. The van der Waals surface area contributed by atoms with Crippen LogP contribution in [0.15, 0.2) is 59.1 Å². The van der Waals surface area contributed by atoms with Gasteiger partial charge in [-0.1, -0.05) is 53.7 Å². The summed E-state index contributed by atoms with van der Waals surface area (Å²) in [5.74, 6) is 1.53. The van der Waals surface area contributed by atoms with E-state index in [0.29, 0.717) is 36.3 Å². The molecule has 1 N–H and O–H groups in total. The van der Waals surface area contributed by atoms with Crippen LogP contribution in [0.1, 0.15) is 55.0 Å². The lowest BCUT2D eigenvalue weighted by molar-refractivity contribution is 0.0810. The van der Waals surface area contributed by atoms with Gasteiger partial charge in [-0.15, -0.1) is 0 Å². The second-order valence-corrected chi connectivity index (χ2v) is 10.1. The van der Waals surface area contributed by atoms with Crippen molar-refractivity contribution in [2.45, 2.75) is 58.1 Å². The van der Waals surface area contributed by atoms with Crippen LogP contribution in [0.5, 0.6) is 0 Å². The van der Waals surface area contributed by atoms with Gasteiger partial charge in [-0.25, -0.2) is 0 Å². The van der Waals surface area contributed by atoms with Crippen LogP contribution in [-0.4, -0.2) is 43.8 Å². The van der Waals surface area contributed by atoms with E-state index in [0.717, 1.165) is 48.4 Å². The highest BCUT2D eigenvalue weighted by Crippen LogP contribution is 2.29. The van der Waals surface area contributed by atoms with Gasteiger partial charge in [0.15, 0.2) is 5.69 Å². The monoisotopic (exact) mass is 472 g/mol. The van der Waals surface area contributed by atoms with E-state index < -0.39 is 5.60 Å². The van der Waals surface area contributed by atoms with E-state index in [-0.39, 0.29) is 0 Å². The van der Waals surface area contributed by atoms with Gasteiger partial charge in [-0.2, -0.15) is 10.1 Å². The quantitative estimate of drug-likeness (QED) is 0.400. The highest BCUT2D eigenvalue weighted by molar-refractivity contribution is 5.58. The first-order valence-electron chi connectivity index (χ1n) is 12.2. The molecule has 3 heterocycles. The highest BCUT2D eigenvalue weighted by atomic mass is 16.5. The Hall–Kier alpha value is -3.29. The van der Waals surface area contributed by atoms with Gasteiger partial charge in [0.1, 0.15) is 0 Å². The fraction of sp³-hybridized carbons (Fsp3) is 0.393. The number of benzene rings is 2. The highest BCUT2D eigenvalue weighted by Gasteiger charge is 2.18. The van der Waals surface area contributed by atoms with E-state index >= 15 is 0 Å². The minimum atomic E-state index is -0.742. The van der Waals surface area contributed by atoms with Crippen molar-refractivity contribution in [1.29, 1.82) is 0 Å². The van der Waals surface area contributed by atoms with Crippen molar-refractivity contribution >= 4 is 0 Å². The summed E-state index contributed by atoms with van der Waals surface area (Å²) in [5, 5.41) is 19.1. The van der Waals surface area contributed by atoms with Gasteiger partial charge in [-0.05, 0) is 62.3 Å². The molecule has 0 atom stereocenters. The minimum Gasteiger partial charge on any atom is -0.390 e. The molecule has 5 rings (SSSR count). The summed E-state index contributed by atoms with van der Waals surface area (Å²) in [5.41, 5.74) is 5.41. The Morgan fingerprint density at radius 1 is 1.03 bits per heavy atom. The van der Waals surface area contributed by atoms with Crippen molar-refractivity contribution < 1.29 is 14.4 Å². The molecule has 0 unspecified atom stereocenters. The third kappa shape index (κ3) is 5.69. The van der Waals surface area contributed by atoms with Gasteiger partial charge >= 0.3 is 0 Å². The number of rotatable bonds is 7. The Bertz CT molecular complexity index is 1280. The van der Waals surface area contributed by atoms with E-state index in [1.807, 2.05) is 43.7 Å². The van der Waals surface area contributed by atoms with Crippen molar-refractivity contribution in [1.82, 2.24) is 19.9 Å². The largest absolute Gasteiger partial charge is 0.390 e. The molecule has 0 amide bonds. The Kier molecular flexibility index (Phi) is 6.54.